The maximum atomic E-state index is 8.75. The summed E-state index contributed by atoms with van der Waals surface area (Å²) in [6, 6.07) is 14.3. The van der Waals surface area contributed by atoms with E-state index in [0.29, 0.717) is 19.7 Å². The van der Waals surface area contributed by atoms with E-state index in [1.54, 1.807) is 7.11 Å². The molecular formula is C20H30Cl2N2O3. The predicted octanol–water partition coefficient (Wildman–Crippen LogP) is 3.10. The van der Waals surface area contributed by atoms with Crippen LogP contribution in [0.15, 0.2) is 42.5 Å². The van der Waals surface area contributed by atoms with Gasteiger partial charge in [-0.1, -0.05) is 42.0 Å². The molecule has 7 heteroatoms. The molecule has 27 heavy (non-hydrogen) atoms. The molecule has 0 aromatic heterocycles. The van der Waals surface area contributed by atoms with Crippen LogP contribution in [-0.2, 0) is 13.2 Å². The zero-order valence-corrected chi connectivity index (χ0v) is 17.5. The van der Waals surface area contributed by atoms with E-state index in [4.69, 9.17) is 14.6 Å². The maximum absolute atomic E-state index is 8.75. The molecule has 0 amide bonds. The first-order valence-corrected chi connectivity index (χ1v) is 8.61. The summed E-state index contributed by atoms with van der Waals surface area (Å²) >= 11 is 0. The number of hydrogen-bond donors (Lipinski definition) is 3. The molecule has 0 spiro atoms. The molecule has 3 N–H and O–H groups in total. The Bertz CT molecular complexity index is 640. The van der Waals surface area contributed by atoms with Crippen molar-refractivity contribution in [3.05, 3.63) is 59.2 Å². The van der Waals surface area contributed by atoms with Crippen LogP contribution in [-0.4, -0.2) is 38.5 Å². The number of ether oxygens (including phenoxy) is 2. The zero-order chi connectivity index (χ0) is 17.9. The second-order valence-electron chi connectivity index (χ2n) is 5.87. The lowest BCUT2D eigenvalue weighted by Crippen LogP contribution is -2.28. The number of hydrogen-bond acceptors (Lipinski definition) is 5. The summed E-state index contributed by atoms with van der Waals surface area (Å²) in [5.74, 6) is 1.52. The molecule has 0 saturated heterocycles. The van der Waals surface area contributed by atoms with E-state index >= 15 is 0 Å². The van der Waals surface area contributed by atoms with Gasteiger partial charge in [-0.15, -0.1) is 24.8 Å². The van der Waals surface area contributed by atoms with Gasteiger partial charge >= 0.3 is 0 Å². The molecule has 5 nitrogen and oxygen atoms in total. The van der Waals surface area contributed by atoms with Gasteiger partial charge in [-0.3, -0.25) is 0 Å². The molecule has 0 bridgehead atoms. The highest BCUT2D eigenvalue weighted by Gasteiger charge is 2.10. The van der Waals surface area contributed by atoms with Crippen LogP contribution in [0, 0.1) is 6.92 Å². The molecular weight excluding hydrogens is 387 g/mol. The first-order chi connectivity index (χ1) is 12.2. The number of aryl methyl sites for hydroxylation is 1. The average Bonchev–Trinajstić information content (AvgIpc) is 2.64. The summed E-state index contributed by atoms with van der Waals surface area (Å²) in [5, 5.41) is 15.3. The van der Waals surface area contributed by atoms with Gasteiger partial charge in [-0.2, -0.15) is 0 Å². The third-order valence-electron chi connectivity index (χ3n) is 3.87. The van der Waals surface area contributed by atoms with Gasteiger partial charge in [0.2, 0.25) is 0 Å². The largest absolute Gasteiger partial charge is 0.493 e. The molecule has 0 atom stereocenters. The number of rotatable bonds is 11. The highest BCUT2D eigenvalue weighted by atomic mass is 35.5. The van der Waals surface area contributed by atoms with Crippen LogP contribution in [0.5, 0.6) is 11.5 Å². The normalized spacial score (nSPS) is 9.89. The Morgan fingerprint density at radius 1 is 0.926 bits per heavy atom. The molecule has 0 unspecified atom stereocenters. The van der Waals surface area contributed by atoms with Gasteiger partial charge in [0.25, 0.3) is 0 Å². The van der Waals surface area contributed by atoms with Gasteiger partial charge in [-0.05, 0) is 18.6 Å². The van der Waals surface area contributed by atoms with E-state index < -0.39 is 0 Å². The van der Waals surface area contributed by atoms with Crippen molar-refractivity contribution < 1.29 is 14.6 Å². The van der Waals surface area contributed by atoms with Crippen molar-refractivity contribution in [2.75, 3.05) is 33.4 Å². The summed E-state index contributed by atoms with van der Waals surface area (Å²) in [4.78, 5) is 0. The molecule has 0 fully saturated rings. The smallest absolute Gasteiger partial charge is 0.166 e. The summed E-state index contributed by atoms with van der Waals surface area (Å²) in [6.07, 6.45) is 0. The van der Waals surface area contributed by atoms with E-state index in [1.807, 2.05) is 18.2 Å². The molecule has 0 aliphatic heterocycles. The lowest BCUT2D eigenvalue weighted by atomic mass is 10.1. The van der Waals surface area contributed by atoms with Gasteiger partial charge in [-0.25, -0.2) is 0 Å². The lowest BCUT2D eigenvalue weighted by Gasteiger charge is -2.16. The number of para-hydroxylation sites is 1. The Morgan fingerprint density at radius 2 is 1.63 bits per heavy atom. The summed E-state index contributed by atoms with van der Waals surface area (Å²) in [7, 11) is 1.66. The molecule has 0 aliphatic rings. The second-order valence-corrected chi connectivity index (χ2v) is 5.87. The van der Waals surface area contributed by atoms with Crippen molar-refractivity contribution in [1.82, 2.24) is 10.6 Å². The Balaban J connectivity index is 0.00000338. The van der Waals surface area contributed by atoms with Gasteiger partial charge in [0.1, 0.15) is 6.61 Å². The first-order valence-electron chi connectivity index (χ1n) is 8.61. The van der Waals surface area contributed by atoms with Crippen LogP contribution < -0.4 is 20.1 Å². The van der Waals surface area contributed by atoms with Crippen LogP contribution in [0.2, 0.25) is 0 Å². The second kappa shape index (κ2) is 14.5. The fourth-order valence-corrected chi connectivity index (χ4v) is 2.47. The van der Waals surface area contributed by atoms with Gasteiger partial charge < -0.3 is 25.2 Å². The fraction of sp³-hybridized carbons (Fsp3) is 0.400. The quantitative estimate of drug-likeness (QED) is 0.491. The van der Waals surface area contributed by atoms with Crippen molar-refractivity contribution in [2.24, 2.45) is 0 Å². The standard InChI is InChI=1S/C20H28N2O3.2ClH/c1-16-6-8-17(9-7-16)15-25-20-18(4-3-5-19(20)24-2)14-22-11-10-21-12-13-23;;/h3-9,21-23H,10-15H2,1-2H3;2*1H. The Morgan fingerprint density at radius 3 is 2.30 bits per heavy atom. The van der Waals surface area contributed by atoms with Gasteiger partial charge in [0.15, 0.2) is 11.5 Å². The Labute approximate surface area is 174 Å². The number of halogens is 2. The van der Waals surface area contributed by atoms with Crippen molar-refractivity contribution in [1.29, 1.82) is 0 Å². The number of methoxy groups -OCH3 is 1. The topological polar surface area (TPSA) is 62.8 Å². The molecule has 0 aliphatic carbocycles. The number of nitrogens with one attached hydrogen (secondary N) is 2. The van der Waals surface area contributed by atoms with Crippen LogP contribution in [0.4, 0.5) is 0 Å². The number of benzene rings is 2. The maximum Gasteiger partial charge on any atom is 0.166 e. The van der Waals surface area contributed by atoms with E-state index in [0.717, 1.165) is 35.7 Å². The van der Waals surface area contributed by atoms with Crippen molar-refractivity contribution in [3.8, 4) is 11.5 Å². The minimum Gasteiger partial charge on any atom is -0.493 e. The summed E-state index contributed by atoms with van der Waals surface area (Å²) < 4.78 is 11.5. The van der Waals surface area contributed by atoms with E-state index in [1.165, 1.54) is 5.56 Å². The van der Waals surface area contributed by atoms with Gasteiger partial charge in [0.05, 0.1) is 13.7 Å². The lowest BCUT2D eigenvalue weighted by molar-refractivity contribution is 0.280. The average molecular weight is 417 g/mol. The molecule has 2 rings (SSSR count). The van der Waals surface area contributed by atoms with Crippen LogP contribution >= 0.6 is 24.8 Å². The van der Waals surface area contributed by atoms with Crippen LogP contribution in [0.1, 0.15) is 16.7 Å². The van der Waals surface area contributed by atoms with E-state index in [-0.39, 0.29) is 31.4 Å². The Kier molecular flexibility index (Phi) is 13.7. The third-order valence-corrected chi connectivity index (χ3v) is 3.87. The molecule has 0 saturated carbocycles. The highest BCUT2D eigenvalue weighted by Crippen LogP contribution is 2.31. The highest BCUT2D eigenvalue weighted by molar-refractivity contribution is 5.85. The first kappa shape index (κ1) is 25.5. The SMILES string of the molecule is COc1cccc(CNCCNCCO)c1OCc1ccc(C)cc1.Cl.Cl. The Hall–Kier alpha value is -1.50. The monoisotopic (exact) mass is 416 g/mol. The summed E-state index contributed by atoms with van der Waals surface area (Å²) in [5.41, 5.74) is 3.43. The molecule has 2 aromatic carbocycles. The molecule has 2 aromatic rings. The third kappa shape index (κ3) is 8.82. The number of aliphatic hydroxyl groups excluding tert-OH is 1. The minimum absolute atomic E-state index is 0. The number of aliphatic hydroxyl groups is 1. The predicted molar refractivity (Wildman–Crippen MR) is 115 cm³/mol. The van der Waals surface area contributed by atoms with Crippen molar-refractivity contribution in [3.63, 3.8) is 0 Å². The van der Waals surface area contributed by atoms with Crippen molar-refractivity contribution >= 4 is 24.8 Å². The summed E-state index contributed by atoms with van der Waals surface area (Å²) in [6.45, 7) is 5.67. The van der Waals surface area contributed by atoms with Crippen molar-refractivity contribution in [2.45, 2.75) is 20.1 Å². The van der Waals surface area contributed by atoms with Crippen LogP contribution in [0.25, 0.3) is 0 Å². The minimum atomic E-state index is 0. The van der Waals surface area contributed by atoms with E-state index in [9.17, 15) is 0 Å². The molecule has 0 radical (unpaired) electrons. The fourth-order valence-electron chi connectivity index (χ4n) is 2.47. The molecule has 0 heterocycles. The van der Waals surface area contributed by atoms with Gasteiger partial charge in [0, 0.05) is 31.7 Å². The molecule has 152 valence electrons. The van der Waals surface area contributed by atoms with E-state index in [2.05, 4.69) is 41.8 Å². The van der Waals surface area contributed by atoms with Crippen LogP contribution in [0.3, 0.4) is 0 Å². The zero-order valence-electron chi connectivity index (χ0n) is 15.9.